The molecule has 0 saturated carbocycles. The van der Waals surface area contributed by atoms with Crippen LogP contribution in [0.1, 0.15) is 21.7 Å². The lowest BCUT2D eigenvalue weighted by Gasteiger charge is -2.10. The van der Waals surface area contributed by atoms with Gasteiger partial charge in [-0.15, -0.1) is 0 Å². The van der Waals surface area contributed by atoms with Gasteiger partial charge in [-0.1, -0.05) is 30.3 Å². The summed E-state index contributed by atoms with van der Waals surface area (Å²) in [4.78, 5) is 32.7. The number of amides is 1. The lowest BCUT2D eigenvalue weighted by atomic mass is 10.2. The van der Waals surface area contributed by atoms with Gasteiger partial charge >= 0.3 is 0 Å². The highest BCUT2D eigenvalue weighted by molar-refractivity contribution is 7.92. The summed E-state index contributed by atoms with van der Waals surface area (Å²) >= 11 is 0. The summed E-state index contributed by atoms with van der Waals surface area (Å²) < 4.78 is 28.7. The van der Waals surface area contributed by atoms with E-state index in [-0.39, 0.29) is 28.6 Å². The van der Waals surface area contributed by atoms with Crippen LogP contribution in [0.2, 0.25) is 0 Å². The van der Waals surface area contributed by atoms with Gasteiger partial charge in [-0.3, -0.25) is 9.59 Å². The molecule has 172 valence electrons. The van der Waals surface area contributed by atoms with Crippen molar-refractivity contribution in [2.75, 3.05) is 10.0 Å². The first-order valence-corrected chi connectivity index (χ1v) is 11.6. The Morgan fingerprint density at radius 1 is 0.971 bits per heavy atom. The monoisotopic (exact) mass is 476 g/mol. The summed E-state index contributed by atoms with van der Waals surface area (Å²) in [6, 6.07) is 19.1. The van der Waals surface area contributed by atoms with Gasteiger partial charge in [-0.2, -0.15) is 5.10 Å². The van der Waals surface area contributed by atoms with E-state index in [0.717, 1.165) is 5.56 Å². The van der Waals surface area contributed by atoms with E-state index in [2.05, 4.69) is 25.1 Å². The molecular formula is C23H20N6O4S. The van der Waals surface area contributed by atoms with E-state index in [1.54, 1.807) is 13.0 Å². The Morgan fingerprint density at radius 2 is 1.71 bits per heavy atom. The zero-order valence-electron chi connectivity index (χ0n) is 18.0. The third kappa shape index (κ3) is 5.51. The molecule has 2 aromatic heterocycles. The number of aryl methyl sites for hydroxylation is 1. The lowest BCUT2D eigenvalue weighted by molar-refractivity contribution is 0.102. The molecule has 0 aliphatic heterocycles. The summed E-state index contributed by atoms with van der Waals surface area (Å²) in [5.41, 5.74) is 1.56. The fourth-order valence-electron chi connectivity index (χ4n) is 3.03. The predicted molar refractivity (Wildman–Crippen MR) is 126 cm³/mol. The third-order valence-electron chi connectivity index (χ3n) is 4.72. The van der Waals surface area contributed by atoms with Gasteiger partial charge in [0.15, 0.2) is 0 Å². The van der Waals surface area contributed by atoms with Crippen LogP contribution in [0.15, 0.2) is 88.7 Å². The number of carbonyl (C=O) groups excluding carboxylic acids is 1. The minimum Gasteiger partial charge on any atom is -0.321 e. The van der Waals surface area contributed by atoms with Crippen molar-refractivity contribution in [1.82, 2.24) is 19.7 Å². The second kappa shape index (κ2) is 9.63. The van der Waals surface area contributed by atoms with Crippen molar-refractivity contribution in [2.24, 2.45) is 0 Å². The Hall–Kier alpha value is -4.38. The average Bonchev–Trinajstić information content (AvgIpc) is 2.81. The molecule has 0 atom stereocenters. The van der Waals surface area contributed by atoms with E-state index in [9.17, 15) is 18.0 Å². The molecule has 2 aromatic carbocycles. The summed E-state index contributed by atoms with van der Waals surface area (Å²) in [6.45, 7) is 1.95. The topological polar surface area (TPSA) is 136 Å². The van der Waals surface area contributed by atoms with E-state index in [1.165, 1.54) is 47.3 Å². The first-order chi connectivity index (χ1) is 16.3. The van der Waals surface area contributed by atoms with Crippen LogP contribution in [0.25, 0.3) is 0 Å². The number of aromatic nitrogens is 4. The molecule has 4 rings (SSSR count). The number of hydrogen-bond donors (Lipinski definition) is 2. The van der Waals surface area contributed by atoms with Gasteiger partial charge < -0.3 is 5.32 Å². The Balaban J connectivity index is 1.46. The van der Waals surface area contributed by atoms with Crippen LogP contribution >= 0.6 is 0 Å². The molecule has 11 heteroatoms. The number of nitrogens with zero attached hydrogens (tertiary/aromatic N) is 4. The van der Waals surface area contributed by atoms with Crippen LogP contribution < -0.4 is 15.6 Å². The molecule has 0 spiro atoms. The SMILES string of the molecule is Cc1ccnc(NS(=O)(=O)c2ccc(NC(=O)c3ccc(=O)n(Cc4ccccc4)n3)cc2)n1. The van der Waals surface area contributed by atoms with Crippen molar-refractivity contribution in [3.05, 3.63) is 106 Å². The fourth-order valence-corrected chi connectivity index (χ4v) is 3.98. The normalized spacial score (nSPS) is 11.1. The third-order valence-corrected chi connectivity index (χ3v) is 6.06. The number of benzene rings is 2. The molecule has 0 aliphatic carbocycles. The second-order valence-electron chi connectivity index (χ2n) is 7.31. The minimum atomic E-state index is -3.91. The number of carbonyl (C=O) groups is 1. The van der Waals surface area contributed by atoms with Crippen molar-refractivity contribution in [1.29, 1.82) is 0 Å². The number of rotatable bonds is 7. The van der Waals surface area contributed by atoms with E-state index < -0.39 is 15.9 Å². The zero-order chi connectivity index (χ0) is 24.1. The van der Waals surface area contributed by atoms with Crippen molar-refractivity contribution < 1.29 is 13.2 Å². The zero-order valence-corrected chi connectivity index (χ0v) is 18.9. The van der Waals surface area contributed by atoms with Crippen molar-refractivity contribution in [3.8, 4) is 0 Å². The molecule has 0 unspecified atom stereocenters. The van der Waals surface area contributed by atoms with Gasteiger partial charge in [-0.25, -0.2) is 27.8 Å². The molecule has 1 amide bonds. The highest BCUT2D eigenvalue weighted by Crippen LogP contribution is 2.17. The molecule has 0 saturated heterocycles. The van der Waals surface area contributed by atoms with Crippen molar-refractivity contribution in [3.63, 3.8) is 0 Å². The van der Waals surface area contributed by atoms with E-state index in [4.69, 9.17) is 0 Å². The van der Waals surface area contributed by atoms with Crippen LogP contribution in [-0.4, -0.2) is 34.1 Å². The summed E-state index contributed by atoms with van der Waals surface area (Å²) in [5.74, 6) is -0.571. The average molecular weight is 477 g/mol. The molecule has 0 fully saturated rings. The molecule has 0 radical (unpaired) electrons. The fraction of sp³-hybridized carbons (Fsp3) is 0.0870. The molecule has 0 aliphatic rings. The van der Waals surface area contributed by atoms with Crippen LogP contribution in [0.4, 0.5) is 11.6 Å². The molecule has 2 N–H and O–H groups in total. The van der Waals surface area contributed by atoms with E-state index >= 15 is 0 Å². The van der Waals surface area contributed by atoms with Crippen molar-refractivity contribution in [2.45, 2.75) is 18.4 Å². The van der Waals surface area contributed by atoms with Gasteiger partial charge in [0.05, 0.1) is 11.4 Å². The Bertz CT molecular complexity index is 1490. The van der Waals surface area contributed by atoms with Crippen LogP contribution in [0.3, 0.4) is 0 Å². The maximum Gasteiger partial charge on any atom is 0.276 e. The van der Waals surface area contributed by atoms with Gasteiger partial charge in [0.1, 0.15) is 5.69 Å². The Morgan fingerprint density at radius 3 is 2.41 bits per heavy atom. The van der Waals surface area contributed by atoms with E-state index in [0.29, 0.717) is 11.4 Å². The minimum absolute atomic E-state index is 0.0230. The van der Waals surface area contributed by atoms with Crippen LogP contribution in [-0.2, 0) is 16.6 Å². The summed E-state index contributed by atoms with van der Waals surface area (Å²) in [6.07, 6.45) is 1.45. The first kappa shape index (κ1) is 22.8. The Kier molecular flexibility index (Phi) is 6.46. The summed E-state index contributed by atoms with van der Waals surface area (Å²) in [7, 11) is -3.91. The number of anilines is 2. The highest BCUT2D eigenvalue weighted by atomic mass is 32.2. The molecule has 34 heavy (non-hydrogen) atoms. The molecular weight excluding hydrogens is 456 g/mol. The van der Waals surface area contributed by atoms with Crippen LogP contribution in [0, 0.1) is 6.92 Å². The number of nitrogens with one attached hydrogen (secondary N) is 2. The van der Waals surface area contributed by atoms with Crippen molar-refractivity contribution >= 4 is 27.6 Å². The number of hydrogen-bond acceptors (Lipinski definition) is 7. The second-order valence-corrected chi connectivity index (χ2v) is 8.99. The van der Waals surface area contributed by atoms with Gasteiger partial charge in [0, 0.05) is 23.6 Å². The molecule has 4 aromatic rings. The molecule has 10 nitrogen and oxygen atoms in total. The summed E-state index contributed by atoms with van der Waals surface area (Å²) in [5, 5.41) is 6.79. The standard InChI is InChI=1S/C23H20N6O4S/c1-16-13-14-24-23(25-16)28-34(32,33)19-9-7-18(8-10-19)26-22(31)20-11-12-21(30)29(27-20)15-17-5-3-2-4-6-17/h2-14H,15H2,1H3,(H,26,31)(H,24,25,28). The van der Waals surface area contributed by atoms with Gasteiger partial charge in [0.25, 0.3) is 21.5 Å². The van der Waals surface area contributed by atoms with Crippen LogP contribution in [0.5, 0.6) is 0 Å². The largest absolute Gasteiger partial charge is 0.321 e. The smallest absolute Gasteiger partial charge is 0.276 e. The maximum absolute atomic E-state index is 12.6. The van der Waals surface area contributed by atoms with Gasteiger partial charge in [-0.05, 0) is 48.9 Å². The predicted octanol–water partition coefficient (Wildman–Crippen LogP) is 2.44. The van der Waals surface area contributed by atoms with E-state index in [1.807, 2.05) is 30.3 Å². The first-order valence-electron chi connectivity index (χ1n) is 10.2. The number of sulfonamides is 1. The lowest BCUT2D eigenvalue weighted by Crippen LogP contribution is -2.26. The van der Waals surface area contributed by atoms with Gasteiger partial charge in [0.2, 0.25) is 5.95 Å². The maximum atomic E-state index is 12.6. The quantitative estimate of drug-likeness (QED) is 0.418. The highest BCUT2D eigenvalue weighted by Gasteiger charge is 2.16. The molecule has 0 bridgehead atoms. The molecule has 2 heterocycles. The Labute approximate surface area is 195 Å².